The summed E-state index contributed by atoms with van der Waals surface area (Å²) in [6.45, 7) is 7.07. The van der Waals surface area contributed by atoms with E-state index in [0.717, 1.165) is 30.5 Å². The molecule has 1 aromatic carbocycles. The average molecular weight is 285 g/mol. The molecule has 0 amide bonds. The number of hydrogen-bond donors (Lipinski definition) is 2. The normalized spacial score (nSPS) is 11.8. The Hall–Kier alpha value is -0.380. The zero-order chi connectivity index (χ0) is 12.0. The summed E-state index contributed by atoms with van der Waals surface area (Å²) in [7, 11) is 0. The summed E-state index contributed by atoms with van der Waals surface area (Å²) in [5.74, 6) is 0. The highest BCUT2D eigenvalue weighted by Gasteiger charge is 2.14. The molecular formula is C13H21BrN2. The van der Waals surface area contributed by atoms with Crippen molar-refractivity contribution < 1.29 is 0 Å². The van der Waals surface area contributed by atoms with Crippen molar-refractivity contribution in [3.8, 4) is 0 Å². The Kier molecular flexibility index (Phi) is 5.46. The maximum Gasteiger partial charge on any atom is 0.0205 e. The zero-order valence-electron chi connectivity index (χ0n) is 10.1. The van der Waals surface area contributed by atoms with Gasteiger partial charge in [-0.05, 0) is 42.6 Å². The minimum atomic E-state index is 0.240. The molecule has 0 aliphatic carbocycles. The number of rotatable bonds is 6. The van der Waals surface area contributed by atoms with E-state index < -0.39 is 0 Å². The van der Waals surface area contributed by atoms with Crippen molar-refractivity contribution in [3.63, 3.8) is 0 Å². The van der Waals surface area contributed by atoms with Gasteiger partial charge >= 0.3 is 0 Å². The molecule has 0 radical (unpaired) electrons. The highest BCUT2D eigenvalue weighted by Crippen LogP contribution is 2.17. The van der Waals surface area contributed by atoms with Gasteiger partial charge in [0.15, 0.2) is 0 Å². The van der Waals surface area contributed by atoms with Gasteiger partial charge in [0.1, 0.15) is 0 Å². The van der Waals surface area contributed by atoms with E-state index in [2.05, 4.69) is 53.3 Å². The number of hydrogen-bond acceptors (Lipinski definition) is 2. The SMILES string of the molecule is CC(C)(CN)CCNCc1cccc(Br)c1. The summed E-state index contributed by atoms with van der Waals surface area (Å²) in [5.41, 5.74) is 7.23. The standard InChI is InChI=1S/C13H21BrN2/c1-13(2,10-15)6-7-16-9-11-4-3-5-12(14)8-11/h3-5,8,16H,6-7,9-10,15H2,1-2H3. The van der Waals surface area contributed by atoms with E-state index in [1.807, 2.05) is 6.07 Å². The van der Waals surface area contributed by atoms with E-state index in [9.17, 15) is 0 Å². The van der Waals surface area contributed by atoms with Crippen LogP contribution in [0.15, 0.2) is 28.7 Å². The van der Waals surface area contributed by atoms with E-state index in [0.29, 0.717) is 0 Å². The van der Waals surface area contributed by atoms with Crippen LogP contribution in [-0.2, 0) is 6.54 Å². The van der Waals surface area contributed by atoms with Crippen molar-refractivity contribution in [3.05, 3.63) is 34.3 Å². The van der Waals surface area contributed by atoms with Crippen LogP contribution in [0.5, 0.6) is 0 Å². The fraction of sp³-hybridized carbons (Fsp3) is 0.538. The molecule has 0 saturated heterocycles. The lowest BCUT2D eigenvalue weighted by Gasteiger charge is -2.22. The average Bonchev–Trinajstić information content (AvgIpc) is 2.25. The third-order valence-corrected chi connectivity index (χ3v) is 3.24. The van der Waals surface area contributed by atoms with Gasteiger partial charge in [-0.3, -0.25) is 0 Å². The van der Waals surface area contributed by atoms with Gasteiger partial charge in [0.25, 0.3) is 0 Å². The third kappa shape index (κ3) is 5.10. The maximum absolute atomic E-state index is 5.69. The Labute approximate surface area is 107 Å². The molecule has 0 fully saturated rings. The van der Waals surface area contributed by atoms with Crippen molar-refractivity contribution in [1.82, 2.24) is 5.32 Å². The first-order valence-corrected chi connectivity index (χ1v) is 6.48. The van der Waals surface area contributed by atoms with E-state index in [4.69, 9.17) is 5.73 Å². The monoisotopic (exact) mass is 284 g/mol. The molecular weight excluding hydrogens is 264 g/mol. The molecule has 1 rings (SSSR count). The first-order valence-electron chi connectivity index (χ1n) is 5.69. The Balaban J connectivity index is 2.26. The summed E-state index contributed by atoms with van der Waals surface area (Å²) in [6.07, 6.45) is 1.11. The van der Waals surface area contributed by atoms with Gasteiger partial charge in [-0.2, -0.15) is 0 Å². The van der Waals surface area contributed by atoms with Crippen LogP contribution in [-0.4, -0.2) is 13.1 Å². The van der Waals surface area contributed by atoms with Crippen molar-refractivity contribution in [2.45, 2.75) is 26.8 Å². The Morgan fingerprint density at radius 3 is 2.75 bits per heavy atom. The lowest BCUT2D eigenvalue weighted by Crippen LogP contribution is -2.28. The van der Waals surface area contributed by atoms with Crippen LogP contribution in [0, 0.1) is 5.41 Å². The van der Waals surface area contributed by atoms with Gasteiger partial charge in [-0.1, -0.05) is 41.9 Å². The molecule has 16 heavy (non-hydrogen) atoms. The van der Waals surface area contributed by atoms with E-state index in [1.165, 1.54) is 5.56 Å². The van der Waals surface area contributed by atoms with E-state index in [-0.39, 0.29) is 5.41 Å². The molecule has 0 spiro atoms. The molecule has 2 nitrogen and oxygen atoms in total. The highest BCUT2D eigenvalue weighted by molar-refractivity contribution is 9.10. The van der Waals surface area contributed by atoms with Crippen LogP contribution in [0.4, 0.5) is 0 Å². The molecule has 90 valence electrons. The lowest BCUT2D eigenvalue weighted by atomic mass is 9.90. The number of halogens is 1. The van der Waals surface area contributed by atoms with Crippen molar-refractivity contribution in [1.29, 1.82) is 0 Å². The smallest absolute Gasteiger partial charge is 0.0205 e. The molecule has 0 heterocycles. The zero-order valence-corrected chi connectivity index (χ0v) is 11.7. The predicted molar refractivity (Wildman–Crippen MR) is 73.3 cm³/mol. The topological polar surface area (TPSA) is 38.0 Å². The van der Waals surface area contributed by atoms with Gasteiger partial charge in [0.2, 0.25) is 0 Å². The van der Waals surface area contributed by atoms with Crippen LogP contribution in [0.25, 0.3) is 0 Å². The minimum Gasteiger partial charge on any atom is -0.330 e. The largest absolute Gasteiger partial charge is 0.330 e. The van der Waals surface area contributed by atoms with Crippen molar-refractivity contribution in [2.75, 3.05) is 13.1 Å². The van der Waals surface area contributed by atoms with Gasteiger partial charge in [-0.15, -0.1) is 0 Å². The molecule has 0 bridgehead atoms. The molecule has 3 N–H and O–H groups in total. The van der Waals surface area contributed by atoms with Crippen LogP contribution < -0.4 is 11.1 Å². The molecule has 0 unspecified atom stereocenters. The first kappa shape index (κ1) is 13.7. The van der Waals surface area contributed by atoms with Crippen LogP contribution >= 0.6 is 15.9 Å². The van der Waals surface area contributed by atoms with Gasteiger partial charge < -0.3 is 11.1 Å². The molecule has 0 atom stereocenters. The Morgan fingerprint density at radius 2 is 2.12 bits per heavy atom. The molecule has 3 heteroatoms. The molecule has 0 aliphatic rings. The second-order valence-corrected chi connectivity index (χ2v) is 5.84. The number of nitrogens with one attached hydrogen (secondary N) is 1. The van der Waals surface area contributed by atoms with Gasteiger partial charge in [-0.25, -0.2) is 0 Å². The first-order chi connectivity index (χ1) is 7.53. The second kappa shape index (κ2) is 6.38. The summed E-state index contributed by atoms with van der Waals surface area (Å²) >= 11 is 3.47. The van der Waals surface area contributed by atoms with Crippen molar-refractivity contribution >= 4 is 15.9 Å². The molecule has 0 saturated carbocycles. The van der Waals surface area contributed by atoms with E-state index in [1.54, 1.807) is 0 Å². The number of nitrogens with two attached hydrogens (primary N) is 1. The molecule has 1 aromatic rings. The summed E-state index contributed by atoms with van der Waals surface area (Å²) in [6, 6.07) is 8.37. The lowest BCUT2D eigenvalue weighted by molar-refractivity contribution is 0.339. The maximum atomic E-state index is 5.69. The Morgan fingerprint density at radius 1 is 1.38 bits per heavy atom. The second-order valence-electron chi connectivity index (χ2n) is 4.93. The predicted octanol–water partition coefficient (Wildman–Crippen LogP) is 2.91. The quantitative estimate of drug-likeness (QED) is 0.789. The third-order valence-electron chi connectivity index (χ3n) is 2.75. The van der Waals surface area contributed by atoms with Crippen LogP contribution in [0.3, 0.4) is 0 Å². The van der Waals surface area contributed by atoms with Gasteiger partial charge in [0, 0.05) is 11.0 Å². The number of benzene rings is 1. The highest BCUT2D eigenvalue weighted by atomic mass is 79.9. The summed E-state index contributed by atoms with van der Waals surface area (Å²) in [4.78, 5) is 0. The molecule has 0 aromatic heterocycles. The fourth-order valence-electron chi connectivity index (χ4n) is 1.41. The van der Waals surface area contributed by atoms with Crippen molar-refractivity contribution in [2.24, 2.45) is 11.1 Å². The van der Waals surface area contributed by atoms with Crippen LogP contribution in [0.1, 0.15) is 25.8 Å². The van der Waals surface area contributed by atoms with E-state index >= 15 is 0 Å². The van der Waals surface area contributed by atoms with Gasteiger partial charge in [0.05, 0.1) is 0 Å². The Bertz CT molecular complexity index is 323. The minimum absolute atomic E-state index is 0.240. The summed E-state index contributed by atoms with van der Waals surface area (Å²) in [5, 5.41) is 3.44. The van der Waals surface area contributed by atoms with Crippen LogP contribution in [0.2, 0.25) is 0 Å². The fourth-order valence-corrected chi connectivity index (χ4v) is 1.86. The summed E-state index contributed by atoms with van der Waals surface area (Å²) < 4.78 is 1.13. The molecule has 0 aliphatic heterocycles.